The molecule has 0 aliphatic rings. The number of rotatable bonds is 4. The number of halogens is 1. The van der Waals surface area contributed by atoms with E-state index in [4.69, 9.17) is 9.47 Å². The van der Waals surface area contributed by atoms with Gasteiger partial charge in [-0.2, -0.15) is 0 Å². The molecule has 94 valence electrons. The molecule has 0 fully saturated rings. The lowest BCUT2D eigenvalue weighted by Gasteiger charge is -2.09. The Morgan fingerprint density at radius 1 is 1.06 bits per heavy atom. The molecule has 0 aliphatic carbocycles. The normalized spacial score (nSPS) is 10.2. The van der Waals surface area contributed by atoms with Gasteiger partial charge in [0.15, 0.2) is 11.6 Å². The van der Waals surface area contributed by atoms with E-state index >= 15 is 0 Å². The third-order valence-corrected chi connectivity index (χ3v) is 2.66. The van der Waals surface area contributed by atoms with Crippen molar-refractivity contribution in [3.8, 4) is 22.6 Å². The van der Waals surface area contributed by atoms with Crippen LogP contribution in [0.4, 0.5) is 4.39 Å². The van der Waals surface area contributed by atoms with E-state index in [1.165, 1.54) is 0 Å². The monoisotopic (exact) mass is 246 g/mol. The van der Waals surface area contributed by atoms with Crippen molar-refractivity contribution in [2.75, 3.05) is 13.7 Å². The van der Waals surface area contributed by atoms with E-state index in [9.17, 15) is 4.39 Å². The van der Waals surface area contributed by atoms with Crippen LogP contribution in [0.3, 0.4) is 0 Å². The maximum absolute atomic E-state index is 14.2. The van der Waals surface area contributed by atoms with E-state index < -0.39 is 0 Å². The Hall–Kier alpha value is -2.03. The summed E-state index contributed by atoms with van der Waals surface area (Å²) in [5.41, 5.74) is 1.33. The highest BCUT2D eigenvalue weighted by atomic mass is 19.1. The van der Waals surface area contributed by atoms with Crippen LogP contribution < -0.4 is 9.47 Å². The summed E-state index contributed by atoms with van der Waals surface area (Å²) in [5, 5.41) is 0. The Morgan fingerprint density at radius 3 is 2.39 bits per heavy atom. The fraction of sp³-hybridized carbons (Fsp3) is 0.200. The first-order valence-electron chi connectivity index (χ1n) is 5.82. The highest BCUT2D eigenvalue weighted by Crippen LogP contribution is 2.30. The molecule has 2 aromatic carbocycles. The number of hydrogen-bond donors (Lipinski definition) is 0. The van der Waals surface area contributed by atoms with E-state index in [0.717, 1.165) is 11.3 Å². The SMILES string of the molecule is CCOc1cccc(-c2ccc(OC)cc2)c1F. The van der Waals surface area contributed by atoms with Gasteiger partial charge in [-0.1, -0.05) is 24.3 Å². The van der Waals surface area contributed by atoms with Crippen molar-refractivity contribution in [2.45, 2.75) is 6.92 Å². The number of ether oxygens (including phenoxy) is 2. The van der Waals surface area contributed by atoms with E-state index in [1.54, 1.807) is 25.3 Å². The minimum Gasteiger partial charge on any atom is -0.497 e. The van der Waals surface area contributed by atoms with Gasteiger partial charge in [0.1, 0.15) is 5.75 Å². The predicted octanol–water partition coefficient (Wildman–Crippen LogP) is 3.90. The van der Waals surface area contributed by atoms with E-state index in [0.29, 0.717) is 12.2 Å². The molecule has 3 heteroatoms. The first-order chi connectivity index (χ1) is 8.76. The number of methoxy groups -OCH3 is 1. The van der Waals surface area contributed by atoms with Crippen LogP contribution >= 0.6 is 0 Å². The maximum atomic E-state index is 14.2. The largest absolute Gasteiger partial charge is 0.497 e. The molecule has 0 heterocycles. The minimum absolute atomic E-state index is 0.283. The van der Waals surface area contributed by atoms with Crippen molar-refractivity contribution >= 4 is 0 Å². The van der Waals surface area contributed by atoms with Gasteiger partial charge in [0.25, 0.3) is 0 Å². The molecule has 2 nitrogen and oxygen atoms in total. The molecule has 0 saturated heterocycles. The summed E-state index contributed by atoms with van der Waals surface area (Å²) in [4.78, 5) is 0. The molecule has 18 heavy (non-hydrogen) atoms. The molecular formula is C15H15FO2. The van der Waals surface area contributed by atoms with Gasteiger partial charge >= 0.3 is 0 Å². The molecule has 2 rings (SSSR count). The summed E-state index contributed by atoms with van der Waals surface area (Å²) in [6, 6.07) is 12.4. The Labute approximate surface area is 106 Å². The Bertz CT molecular complexity index is 521. The van der Waals surface area contributed by atoms with Crippen LogP contribution in [-0.2, 0) is 0 Å². The Balaban J connectivity index is 2.40. The van der Waals surface area contributed by atoms with Crippen molar-refractivity contribution in [1.82, 2.24) is 0 Å². The van der Waals surface area contributed by atoms with Crippen molar-refractivity contribution in [2.24, 2.45) is 0 Å². The van der Waals surface area contributed by atoms with Crippen molar-refractivity contribution in [3.63, 3.8) is 0 Å². The molecular weight excluding hydrogens is 231 g/mol. The van der Waals surface area contributed by atoms with Crippen LogP contribution in [0.1, 0.15) is 6.92 Å². The lowest BCUT2D eigenvalue weighted by atomic mass is 10.0. The molecule has 0 N–H and O–H groups in total. The van der Waals surface area contributed by atoms with Gasteiger partial charge in [0.2, 0.25) is 0 Å². The summed E-state index contributed by atoms with van der Waals surface area (Å²) in [5.74, 6) is 0.704. The average Bonchev–Trinajstić information content (AvgIpc) is 2.42. The molecule has 0 saturated carbocycles. The Morgan fingerprint density at radius 2 is 1.78 bits per heavy atom. The van der Waals surface area contributed by atoms with Gasteiger partial charge in [-0.15, -0.1) is 0 Å². The smallest absolute Gasteiger partial charge is 0.172 e. The summed E-state index contributed by atoms with van der Waals surface area (Å²) in [7, 11) is 1.60. The third kappa shape index (κ3) is 2.45. The lowest BCUT2D eigenvalue weighted by molar-refractivity contribution is 0.322. The summed E-state index contributed by atoms with van der Waals surface area (Å²) in [6.07, 6.45) is 0. The maximum Gasteiger partial charge on any atom is 0.172 e. The van der Waals surface area contributed by atoms with Crippen molar-refractivity contribution < 1.29 is 13.9 Å². The van der Waals surface area contributed by atoms with Crippen LogP contribution in [0.5, 0.6) is 11.5 Å². The van der Waals surface area contributed by atoms with E-state index in [2.05, 4.69) is 0 Å². The molecule has 0 bridgehead atoms. The molecule has 0 radical (unpaired) electrons. The van der Waals surface area contributed by atoms with E-state index in [-0.39, 0.29) is 11.6 Å². The van der Waals surface area contributed by atoms with Crippen LogP contribution in [0.2, 0.25) is 0 Å². The second-order valence-electron chi connectivity index (χ2n) is 3.78. The first-order valence-corrected chi connectivity index (χ1v) is 5.82. The third-order valence-electron chi connectivity index (χ3n) is 2.66. The van der Waals surface area contributed by atoms with Crippen LogP contribution in [0, 0.1) is 5.82 Å². The molecule has 2 aromatic rings. The van der Waals surface area contributed by atoms with Crippen LogP contribution in [0.15, 0.2) is 42.5 Å². The zero-order chi connectivity index (χ0) is 13.0. The number of hydrogen-bond acceptors (Lipinski definition) is 2. The second-order valence-corrected chi connectivity index (χ2v) is 3.78. The summed E-state index contributed by atoms with van der Waals surface area (Å²) >= 11 is 0. The quantitative estimate of drug-likeness (QED) is 0.814. The van der Waals surface area contributed by atoms with Gasteiger partial charge in [0, 0.05) is 5.56 Å². The highest BCUT2D eigenvalue weighted by Gasteiger charge is 2.10. The highest BCUT2D eigenvalue weighted by molar-refractivity contribution is 5.66. The molecule has 0 amide bonds. The average molecular weight is 246 g/mol. The molecule has 0 spiro atoms. The standard InChI is InChI=1S/C15H15FO2/c1-3-18-14-6-4-5-13(15(14)16)11-7-9-12(17-2)10-8-11/h4-10H,3H2,1-2H3. The predicted molar refractivity (Wildman–Crippen MR) is 69.6 cm³/mol. The summed E-state index contributed by atoms with van der Waals surface area (Å²) < 4.78 is 24.5. The molecule has 0 aliphatic heterocycles. The summed E-state index contributed by atoms with van der Waals surface area (Å²) in [6.45, 7) is 2.28. The zero-order valence-electron chi connectivity index (χ0n) is 10.4. The van der Waals surface area contributed by atoms with Gasteiger partial charge in [-0.05, 0) is 30.7 Å². The Kier molecular flexibility index (Phi) is 3.82. The van der Waals surface area contributed by atoms with Crippen molar-refractivity contribution in [3.05, 3.63) is 48.3 Å². The fourth-order valence-electron chi connectivity index (χ4n) is 1.77. The minimum atomic E-state index is -0.329. The molecule has 0 aromatic heterocycles. The van der Waals surface area contributed by atoms with Crippen molar-refractivity contribution in [1.29, 1.82) is 0 Å². The molecule has 0 atom stereocenters. The van der Waals surface area contributed by atoms with Gasteiger partial charge in [-0.3, -0.25) is 0 Å². The van der Waals surface area contributed by atoms with E-state index in [1.807, 2.05) is 31.2 Å². The topological polar surface area (TPSA) is 18.5 Å². The van der Waals surface area contributed by atoms with Crippen LogP contribution in [0.25, 0.3) is 11.1 Å². The van der Waals surface area contributed by atoms with Gasteiger partial charge < -0.3 is 9.47 Å². The fourth-order valence-corrected chi connectivity index (χ4v) is 1.77. The lowest BCUT2D eigenvalue weighted by Crippen LogP contribution is -1.96. The number of benzene rings is 2. The van der Waals surface area contributed by atoms with Gasteiger partial charge in [-0.25, -0.2) is 4.39 Å². The van der Waals surface area contributed by atoms with Gasteiger partial charge in [0.05, 0.1) is 13.7 Å². The zero-order valence-corrected chi connectivity index (χ0v) is 10.4. The van der Waals surface area contributed by atoms with Crippen LogP contribution in [-0.4, -0.2) is 13.7 Å². The second kappa shape index (κ2) is 5.54. The first kappa shape index (κ1) is 12.4. The molecule has 0 unspecified atom stereocenters.